The van der Waals surface area contributed by atoms with Gasteiger partial charge in [-0.3, -0.25) is 4.68 Å². The minimum atomic E-state index is 0.795. The molecule has 3 aromatic heterocycles. The largest absolute Gasteiger partial charge is 0.264 e. The van der Waals surface area contributed by atoms with E-state index < -0.39 is 0 Å². The van der Waals surface area contributed by atoms with Crippen LogP contribution in [0, 0.1) is 6.92 Å². The van der Waals surface area contributed by atoms with Crippen molar-refractivity contribution in [3.05, 3.63) is 41.1 Å². The first kappa shape index (κ1) is 14.8. The zero-order valence-electron chi connectivity index (χ0n) is 14.2. The zero-order chi connectivity index (χ0) is 17.0. The van der Waals surface area contributed by atoms with Gasteiger partial charge >= 0.3 is 0 Å². The minimum Gasteiger partial charge on any atom is -0.264 e. The van der Waals surface area contributed by atoms with Crippen LogP contribution < -0.4 is 0 Å². The Kier molecular flexibility index (Phi) is 3.24. The van der Waals surface area contributed by atoms with E-state index in [2.05, 4.69) is 41.4 Å². The molecule has 0 amide bonds. The highest BCUT2D eigenvalue weighted by Gasteiger charge is 2.25. The maximum atomic E-state index is 4.80. The second kappa shape index (κ2) is 5.49. The molecule has 0 aliphatic heterocycles. The number of rotatable bonds is 2. The molecule has 7 heteroatoms. The number of benzene rings is 1. The average Bonchev–Trinajstić information content (AvgIpc) is 3.26. The number of aryl methyl sites for hydroxylation is 3. The molecule has 0 saturated carbocycles. The molecule has 3 heterocycles. The van der Waals surface area contributed by atoms with Gasteiger partial charge in [0.25, 0.3) is 0 Å². The lowest BCUT2D eigenvalue weighted by atomic mass is 9.96. The fraction of sp³-hybridized carbons (Fsp3) is 0.333. The van der Waals surface area contributed by atoms with Gasteiger partial charge in [-0.15, -0.1) is 10.2 Å². The van der Waals surface area contributed by atoms with Crippen LogP contribution >= 0.6 is 11.3 Å². The summed E-state index contributed by atoms with van der Waals surface area (Å²) in [5.41, 5.74) is 5.92. The van der Waals surface area contributed by atoms with Crippen molar-refractivity contribution in [3.8, 4) is 22.1 Å². The summed E-state index contributed by atoms with van der Waals surface area (Å²) >= 11 is 1.57. The summed E-state index contributed by atoms with van der Waals surface area (Å²) in [6.07, 6.45) is 4.53. The molecular formula is C18H18N6S. The van der Waals surface area contributed by atoms with Crippen molar-refractivity contribution in [1.29, 1.82) is 0 Å². The van der Waals surface area contributed by atoms with E-state index in [1.165, 1.54) is 29.7 Å². The van der Waals surface area contributed by atoms with E-state index in [1.807, 2.05) is 16.2 Å². The normalized spacial score (nSPS) is 14.2. The highest BCUT2D eigenvalue weighted by Crippen LogP contribution is 2.32. The van der Waals surface area contributed by atoms with E-state index in [4.69, 9.17) is 10.2 Å². The van der Waals surface area contributed by atoms with Crippen molar-refractivity contribution in [1.82, 2.24) is 29.6 Å². The van der Waals surface area contributed by atoms with Crippen LogP contribution in [0.15, 0.2) is 24.3 Å². The Labute approximate surface area is 149 Å². The van der Waals surface area contributed by atoms with Gasteiger partial charge in [0, 0.05) is 18.2 Å². The van der Waals surface area contributed by atoms with Crippen LogP contribution in [-0.2, 0) is 19.9 Å². The van der Waals surface area contributed by atoms with E-state index in [0.717, 1.165) is 39.9 Å². The predicted molar refractivity (Wildman–Crippen MR) is 97.7 cm³/mol. The number of hydrogen-bond acceptors (Lipinski definition) is 5. The van der Waals surface area contributed by atoms with Crippen LogP contribution in [0.3, 0.4) is 0 Å². The molecule has 0 atom stereocenters. The first-order valence-electron chi connectivity index (χ1n) is 8.55. The van der Waals surface area contributed by atoms with Crippen LogP contribution in [0.4, 0.5) is 0 Å². The van der Waals surface area contributed by atoms with Crippen molar-refractivity contribution in [2.75, 3.05) is 0 Å². The molecule has 5 rings (SSSR count). The van der Waals surface area contributed by atoms with Crippen LogP contribution in [0.25, 0.3) is 27.1 Å². The smallest absolute Gasteiger partial charge is 0.235 e. The Balaban J connectivity index is 1.67. The standard InChI is InChI=1S/C18H18N6S/c1-11-6-5-7-12(10-11)17-22-24-16(19-20-18(24)25-17)15-13-8-3-4-9-14(13)21-23(15)2/h5-7,10H,3-4,8-9H2,1-2H3. The van der Waals surface area contributed by atoms with Crippen LogP contribution in [0.1, 0.15) is 29.7 Å². The number of hydrogen-bond donors (Lipinski definition) is 0. The van der Waals surface area contributed by atoms with Gasteiger partial charge in [-0.2, -0.15) is 14.7 Å². The van der Waals surface area contributed by atoms with Gasteiger partial charge in [0.2, 0.25) is 10.8 Å². The number of fused-ring (bicyclic) bond motifs is 2. The number of nitrogens with zero attached hydrogens (tertiary/aromatic N) is 6. The van der Waals surface area contributed by atoms with Gasteiger partial charge in [-0.05, 0) is 38.7 Å². The third kappa shape index (κ3) is 2.30. The van der Waals surface area contributed by atoms with E-state index in [0.29, 0.717) is 0 Å². The molecular weight excluding hydrogens is 332 g/mol. The molecule has 0 spiro atoms. The van der Waals surface area contributed by atoms with E-state index in [9.17, 15) is 0 Å². The van der Waals surface area contributed by atoms with Crippen LogP contribution in [0.2, 0.25) is 0 Å². The summed E-state index contributed by atoms with van der Waals surface area (Å²) in [5, 5.41) is 19.2. The lowest BCUT2D eigenvalue weighted by Gasteiger charge is -2.09. The second-order valence-electron chi connectivity index (χ2n) is 6.60. The van der Waals surface area contributed by atoms with Crippen molar-refractivity contribution < 1.29 is 0 Å². The van der Waals surface area contributed by atoms with Gasteiger partial charge < -0.3 is 0 Å². The molecule has 0 fully saturated rings. The van der Waals surface area contributed by atoms with Gasteiger partial charge in [0.05, 0.1) is 5.69 Å². The average molecular weight is 350 g/mol. The highest BCUT2D eigenvalue weighted by molar-refractivity contribution is 7.19. The monoisotopic (exact) mass is 350 g/mol. The van der Waals surface area contributed by atoms with Crippen LogP contribution in [-0.4, -0.2) is 29.6 Å². The fourth-order valence-electron chi connectivity index (χ4n) is 3.62. The minimum absolute atomic E-state index is 0.795. The molecule has 0 N–H and O–H groups in total. The van der Waals surface area contributed by atoms with Gasteiger partial charge in [0.15, 0.2) is 0 Å². The van der Waals surface area contributed by atoms with E-state index in [-0.39, 0.29) is 0 Å². The van der Waals surface area contributed by atoms with Crippen molar-refractivity contribution in [3.63, 3.8) is 0 Å². The molecule has 25 heavy (non-hydrogen) atoms. The molecule has 0 unspecified atom stereocenters. The zero-order valence-corrected chi connectivity index (χ0v) is 15.0. The molecule has 0 bridgehead atoms. The first-order chi connectivity index (χ1) is 12.2. The quantitative estimate of drug-likeness (QED) is 0.556. The van der Waals surface area contributed by atoms with Crippen molar-refractivity contribution in [2.24, 2.45) is 7.05 Å². The third-order valence-electron chi connectivity index (χ3n) is 4.79. The molecule has 6 nitrogen and oxygen atoms in total. The Bertz CT molecular complexity index is 1090. The Morgan fingerprint density at radius 1 is 1.08 bits per heavy atom. The SMILES string of the molecule is Cc1cccc(-c2nn3c(-c4c5c(nn4C)CCCC5)nnc3s2)c1. The molecule has 0 radical (unpaired) electrons. The van der Waals surface area contributed by atoms with Crippen molar-refractivity contribution >= 4 is 16.3 Å². The second-order valence-corrected chi connectivity index (χ2v) is 7.56. The maximum absolute atomic E-state index is 4.80. The van der Waals surface area contributed by atoms with Crippen LogP contribution in [0.5, 0.6) is 0 Å². The molecule has 126 valence electrons. The predicted octanol–water partition coefficient (Wildman–Crippen LogP) is 3.44. The molecule has 0 saturated heterocycles. The summed E-state index contributed by atoms with van der Waals surface area (Å²) in [6.45, 7) is 2.09. The molecule has 1 aliphatic rings. The maximum Gasteiger partial charge on any atom is 0.235 e. The summed E-state index contributed by atoms with van der Waals surface area (Å²) in [5.74, 6) is 0.795. The van der Waals surface area contributed by atoms with Crippen molar-refractivity contribution in [2.45, 2.75) is 32.6 Å². The third-order valence-corrected chi connectivity index (χ3v) is 5.73. The molecule has 1 aliphatic carbocycles. The van der Waals surface area contributed by atoms with Gasteiger partial charge in [-0.25, -0.2) is 0 Å². The first-order valence-corrected chi connectivity index (χ1v) is 9.37. The topological polar surface area (TPSA) is 60.9 Å². The molecule has 4 aromatic rings. The van der Waals surface area contributed by atoms with E-state index in [1.54, 1.807) is 11.3 Å². The summed E-state index contributed by atoms with van der Waals surface area (Å²) in [7, 11) is 1.99. The summed E-state index contributed by atoms with van der Waals surface area (Å²) in [6, 6.07) is 8.39. The lowest BCUT2D eigenvalue weighted by molar-refractivity contribution is 0.664. The summed E-state index contributed by atoms with van der Waals surface area (Å²) in [4.78, 5) is 0.817. The Morgan fingerprint density at radius 3 is 2.84 bits per heavy atom. The fourth-order valence-corrected chi connectivity index (χ4v) is 4.46. The number of aromatic nitrogens is 6. The van der Waals surface area contributed by atoms with E-state index >= 15 is 0 Å². The summed E-state index contributed by atoms with van der Waals surface area (Å²) < 4.78 is 3.81. The van der Waals surface area contributed by atoms with Gasteiger partial charge in [-0.1, -0.05) is 35.1 Å². The molecule has 1 aromatic carbocycles. The Hall–Kier alpha value is -2.54. The Morgan fingerprint density at radius 2 is 1.96 bits per heavy atom. The lowest BCUT2D eigenvalue weighted by Crippen LogP contribution is -2.03. The van der Waals surface area contributed by atoms with Gasteiger partial charge in [0.1, 0.15) is 10.7 Å². The highest BCUT2D eigenvalue weighted by atomic mass is 32.1.